The van der Waals surface area contributed by atoms with Crippen LogP contribution in [0.2, 0.25) is 10.0 Å². The summed E-state index contributed by atoms with van der Waals surface area (Å²) in [5, 5.41) is 4.22. The number of halogens is 2. The second-order valence-electron chi connectivity index (χ2n) is 5.39. The Bertz CT molecular complexity index is 640. The molecular formula is C16H18Cl2N4. The van der Waals surface area contributed by atoms with Crippen LogP contribution < -0.4 is 10.2 Å². The van der Waals surface area contributed by atoms with Gasteiger partial charge in [0.1, 0.15) is 5.82 Å². The third-order valence-corrected chi connectivity index (χ3v) is 4.49. The SMILES string of the molecule is Clc1ccc(Nc2nccc(N3CCCCCC3)n2)cc1Cl. The fourth-order valence-corrected chi connectivity index (χ4v) is 2.89. The van der Waals surface area contributed by atoms with E-state index in [0.29, 0.717) is 16.0 Å². The second kappa shape index (κ2) is 7.16. The van der Waals surface area contributed by atoms with Crippen LogP contribution in [0.4, 0.5) is 17.5 Å². The molecule has 1 fully saturated rings. The van der Waals surface area contributed by atoms with Gasteiger partial charge < -0.3 is 10.2 Å². The Balaban J connectivity index is 1.76. The highest BCUT2D eigenvalue weighted by molar-refractivity contribution is 6.42. The van der Waals surface area contributed by atoms with E-state index in [4.69, 9.17) is 23.2 Å². The van der Waals surface area contributed by atoms with E-state index in [1.165, 1.54) is 25.7 Å². The topological polar surface area (TPSA) is 41.1 Å². The standard InChI is InChI=1S/C16H18Cl2N4/c17-13-6-5-12(11-14(13)18)20-16-19-8-7-15(21-16)22-9-3-1-2-4-10-22/h5-8,11H,1-4,9-10H2,(H,19,20,21). The van der Waals surface area contributed by atoms with E-state index in [1.54, 1.807) is 18.3 Å². The van der Waals surface area contributed by atoms with Crippen molar-refractivity contribution in [1.82, 2.24) is 9.97 Å². The Hall–Kier alpha value is -1.52. The van der Waals surface area contributed by atoms with E-state index in [0.717, 1.165) is 24.6 Å². The molecule has 1 N–H and O–H groups in total. The number of anilines is 3. The Morgan fingerprint density at radius 3 is 2.45 bits per heavy atom. The van der Waals surface area contributed by atoms with Crippen LogP contribution in [0.25, 0.3) is 0 Å². The fraction of sp³-hybridized carbons (Fsp3) is 0.375. The Morgan fingerprint density at radius 1 is 0.955 bits per heavy atom. The lowest BCUT2D eigenvalue weighted by Crippen LogP contribution is -2.25. The number of benzene rings is 1. The van der Waals surface area contributed by atoms with Gasteiger partial charge in [-0.1, -0.05) is 36.0 Å². The maximum Gasteiger partial charge on any atom is 0.229 e. The van der Waals surface area contributed by atoms with Crippen molar-refractivity contribution in [2.45, 2.75) is 25.7 Å². The Kier molecular flexibility index (Phi) is 5.01. The molecule has 1 saturated heterocycles. The molecule has 116 valence electrons. The molecule has 0 unspecified atom stereocenters. The number of nitrogens with zero attached hydrogens (tertiary/aromatic N) is 3. The van der Waals surface area contributed by atoms with Gasteiger partial charge >= 0.3 is 0 Å². The molecule has 2 heterocycles. The third kappa shape index (κ3) is 3.81. The van der Waals surface area contributed by atoms with E-state index in [1.807, 2.05) is 12.1 Å². The Labute approximate surface area is 140 Å². The average Bonchev–Trinajstić information content (AvgIpc) is 2.80. The van der Waals surface area contributed by atoms with Gasteiger partial charge in [0.05, 0.1) is 10.0 Å². The third-order valence-electron chi connectivity index (χ3n) is 3.75. The predicted molar refractivity (Wildman–Crippen MR) is 92.5 cm³/mol. The molecule has 0 amide bonds. The van der Waals surface area contributed by atoms with Crippen molar-refractivity contribution in [3.63, 3.8) is 0 Å². The molecule has 0 bridgehead atoms. The van der Waals surface area contributed by atoms with Crippen molar-refractivity contribution in [2.24, 2.45) is 0 Å². The van der Waals surface area contributed by atoms with Crippen molar-refractivity contribution in [3.8, 4) is 0 Å². The summed E-state index contributed by atoms with van der Waals surface area (Å²) in [5.74, 6) is 1.54. The molecule has 1 aliphatic rings. The lowest BCUT2D eigenvalue weighted by Gasteiger charge is -2.21. The molecule has 0 spiro atoms. The molecular weight excluding hydrogens is 319 g/mol. The van der Waals surface area contributed by atoms with Gasteiger partial charge in [0.25, 0.3) is 0 Å². The maximum atomic E-state index is 6.03. The average molecular weight is 337 g/mol. The van der Waals surface area contributed by atoms with E-state index in [2.05, 4.69) is 20.2 Å². The molecule has 0 aliphatic carbocycles. The van der Waals surface area contributed by atoms with Crippen LogP contribution >= 0.6 is 23.2 Å². The number of nitrogens with one attached hydrogen (secondary N) is 1. The molecule has 1 aliphatic heterocycles. The van der Waals surface area contributed by atoms with Gasteiger partial charge in [-0.2, -0.15) is 4.98 Å². The van der Waals surface area contributed by atoms with Crippen LogP contribution in [-0.2, 0) is 0 Å². The van der Waals surface area contributed by atoms with E-state index in [9.17, 15) is 0 Å². The van der Waals surface area contributed by atoms with Crippen LogP contribution in [-0.4, -0.2) is 23.1 Å². The number of hydrogen-bond acceptors (Lipinski definition) is 4. The van der Waals surface area contributed by atoms with Crippen LogP contribution in [0.5, 0.6) is 0 Å². The maximum absolute atomic E-state index is 6.03. The van der Waals surface area contributed by atoms with Crippen LogP contribution in [0.1, 0.15) is 25.7 Å². The monoisotopic (exact) mass is 336 g/mol. The quantitative estimate of drug-likeness (QED) is 0.864. The van der Waals surface area contributed by atoms with E-state index < -0.39 is 0 Å². The lowest BCUT2D eigenvalue weighted by molar-refractivity contribution is 0.726. The van der Waals surface area contributed by atoms with Crippen molar-refractivity contribution < 1.29 is 0 Å². The highest BCUT2D eigenvalue weighted by atomic mass is 35.5. The van der Waals surface area contributed by atoms with Crippen molar-refractivity contribution in [2.75, 3.05) is 23.3 Å². The first-order chi connectivity index (χ1) is 10.7. The minimum absolute atomic E-state index is 0.510. The molecule has 22 heavy (non-hydrogen) atoms. The molecule has 0 atom stereocenters. The molecule has 0 saturated carbocycles. The number of rotatable bonds is 3. The second-order valence-corrected chi connectivity index (χ2v) is 6.21. The van der Waals surface area contributed by atoms with Gasteiger partial charge in [-0.25, -0.2) is 4.98 Å². The molecule has 2 aromatic rings. The zero-order chi connectivity index (χ0) is 15.4. The van der Waals surface area contributed by atoms with Crippen molar-refractivity contribution in [1.29, 1.82) is 0 Å². The summed E-state index contributed by atoms with van der Waals surface area (Å²) in [4.78, 5) is 11.2. The molecule has 6 heteroatoms. The van der Waals surface area contributed by atoms with E-state index >= 15 is 0 Å². The molecule has 1 aromatic carbocycles. The summed E-state index contributed by atoms with van der Waals surface area (Å²) < 4.78 is 0. The number of aromatic nitrogens is 2. The van der Waals surface area contributed by atoms with Gasteiger partial charge in [-0.15, -0.1) is 0 Å². The van der Waals surface area contributed by atoms with Gasteiger partial charge in [-0.05, 0) is 37.1 Å². The summed E-state index contributed by atoms with van der Waals surface area (Å²) in [7, 11) is 0. The van der Waals surface area contributed by atoms with Crippen LogP contribution in [0, 0.1) is 0 Å². The predicted octanol–water partition coefficient (Wildman–Crippen LogP) is 4.91. The largest absolute Gasteiger partial charge is 0.356 e. The lowest BCUT2D eigenvalue weighted by atomic mass is 10.2. The fourth-order valence-electron chi connectivity index (χ4n) is 2.59. The first-order valence-electron chi connectivity index (χ1n) is 7.52. The first-order valence-corrected chi connectivity index (χ1v) is 8.28. The highest BCUT2D eigenvalue weighted by Gasteiger charge is 2.12. The summed E-state index contributed by atoms with van der Waals surface area (Å²) in [5.41, 5.74) is 0.822. The van der Waals surface area contributed by atoms with Gasteiger partial charge in [-0.3, -0.25) is 0 Å². The zero-order valence-electron chi connectivity index (χ0n) is 12.2. The smallest absolute Gasteiger partial charge is 0.229 e. The zero-order valence-corrected chi connectivity index (χ0v) is 13.7. The molecule has 0 radical (unpaired) electrons. The molecule has 1 aromatic heterocycles. The van der Waals surface area contributed by atoms with Gasteiger partial charge in [0.15, 0.2) is 0 Å². The van der Waals surface area contributed by atoms with Crippen molar-refractivity contribution in [3.05, 3.63) is 40.5 Å². The summed E-state index contributed by atoms with van der Waals surface area (Å²) in [6.45, 7) is 2.12. The summed E-state index contributed by atoms with van der Waals surface area (Å²) in [6.07, 6.45) is 6.83. The minimum atomic E-state index is 0.510. The first kappa shape index (κ1) is 15.4. The molecule has 4 nitrogen and oxygen atoms in total. The van der Waals surface area contributed by atoms with Crippen LogP contribution in [0.15, 0.2) is 30.5 Å². The Morgan fingerprint density at radius 2 is 1.73 bits per heavy atom. The summed E-state index contributed by atoms with van der Waals surface area (Å²) >= 11 is 12.0. The van der Waals surface area contributed by atoms with Gasteiger partial charge in [0.2, 0.25) is 5.95 Å². The van der Waals surface area contributed by atoms with Gasteiger partial charge in [0, 0.05) is 25.0 Å². The highest BCUT2D eigenvalue weighted by Crippen LogP contribution is 2.26. The van der Waals surface area contributed by atoms with Crippen molar-refractivity contribution >= 4 is 40.7 Å². The van der Waals surface area contributed by atoms with E-state index in [-0.39, 0.29) is 0 Å². The minimum Gasteiger partial charge on any atom is -0.356 e. The normalized spacial score (nSPS) is 15.5. The number of hydrogen-bond donors (Lipinski definition) is 1. The summed E-state index contributed by atoms with van der Waals surface area (Å²) in [6, 6.07) is 7.35. The molecule has 3 rings (SSSR count). The van der Waals surface area contributed by atoms with Crippen LogP contribution in [0.3, 0.4) is 0 Å².